The standard InChI is InChI=1S/C34H35NO5/c1-2-38-33(36)21-23-35(22-20-27-14-9-15-32(24-27)40-26-29-12-7-4-8-13-29)34(37)30-16-18-31(19-17-30)39-25-28-10-5-3-6-11-28/h3-19,24H,2,20-23,25-26H2,1H3. The fourth-order valence-corrected chi connectivity index (χ4v) is 4.19. The van der Waals surface area contributed by atoms with Gasteiger partial charge in [0.15, 0.2) is 0 Å². The van der Waals surface area contributed by atoms with Crippen molar-refractivity contribution in [3.63, 3.8) is 0 Å². The van der Waals surface area contributed by atoms with Gasteiger partial charge in [0.1, 0.15) is 24.7 Å². The van der Waals surface area contributed by atoms with Crippen LogP contribution in [0.15, 0.2) is 109 Å². The summed E-state index contributed by atoms with van der Waals surface area (Å²) in [5.74, 6) is 0.999. The van der Waals surface area contributed by atoms with Crippen LogP contribution in [-0.4, -0.2) is 36.5 Å². The third kappa shape index (κ3) is 9.02. The van der Waals surface area contributed by atoms with Gasteiger partial charge in [-0.1, -0.05) is 72.8 Å². The molecular formula is C34H35NO5. The molecule has 6 nitrogen and oxygen atoms in total. The number of esters is 1. The van der Waals surface area contributed by atoms with Crippen molar-refractivity contribution in [2.75, 3.05) is 19.7 Å². The van der Waals surface area contributed by atoms with Crippen molar-refractivity contribution in [2.24, 2.45) is 0 Å². The molecule has 0 spiro atoms. The Kier molecular flexibility index (Phi) is 10.7. The molecule has 6 heteroatoms. The van der Waals surface area contributed by atoms with Crippen LogP contribution in [0, 0.1) is 0 Å². The highest BCUT2D eigenvalue weighted by Crippen LogP contribution is 2.18. The van der Waals surface area contributed by atoms with Crippen LogP contribution in [0.25, 0.3) is 0 Å². The predicted molar refractivity (Wildman–Crippen MR) is 155 cm³/mol. The second-order valence-corrected chi connectivity index (χ2v) is 9.32. The molecule has 4 rings (SSSR count). The van der Waals surface area contributed by atoms with Gasteiger partial charge in [-0.3, -0.25) is 9.59 Å². The fourth-order valence-electron chi connectivity index (χ4n) is 4.19. The number of nitrogens with zero attached hydrogens (tertiary/aromatic N) is 1. The van der Waals surface area contributed by atoms with Gasteiger partial charge in [0, 0.05) is 18.7 Å². The number of carbonyl (C=O) groups is 2. The average molecular weight is 538 g/mol. The van der Waals surface area contributed by atoms with Gasteiger partial charge in [0.2, 0.25) is 0 Å². The van der Waals surface area contributed by atoms with Crippen LogP contribution in [-0.2, 0) is 29.2 Å². The van der Waals surface area contributed by atoms with Crippen LogP contribution in [0.4, 0.5) is 0 Å². The third-order valence-corrected chi connectivity index (χ3v) is 6.35. The first-order valence-electron chi connectivity index (χ1n) is 13.6. The molecule has 0 aliphatic carbocycles. The monoisotopic (exact) mass is 537 g/mol. The summed E-state index contributed by atoms with van der Waals surface area (Å²) in [6, 6.07) is 34.9. The van der Waals surface area contributed by atoms with Crippen LogP contribution < -0.4 is 9.47 Å². The maximum atomic E-state index is 13.5. The van der Waals surface area contributed by atoms with E-state index in [0.29, 0.717) is 44.1 Å². The largest absolute Gasteiger partial charge is 0.489 e. The summed E-state index contributed by atoms with van der Waals surface area (Å²) in [4.78, 5) is 27.2. The minimum atomic E-state index is -0.318. The normalized spacial score (nSPS) is 10.5. The van der Waals surface area contributed by atoms with Crippen molar-refractivity contribution in [3.05, 3.63) is 131 Å². The second kappa shape index (κ2) is 15.1. The minimum absolute atomic E-state index is 0.137. The number of hydrogen-bond donors (Lipinski definition) is 0. The van der Waals surface area contributed by atoms with E-state index in [1.54, 1.807) is 36.1 Å². The first-order chi connectivity index (χ1) is 19.6. The smallest absolute Gasteiger partial charge is 0.307 e. The van der Waals surface area contributed by atoms with Crippen molar-refractivity contribution in [1.29, 1.82) is 0 Å². The van der Waals surface area contributed by atoms with Crippen LogP contribution in [0.2, 0.25) is 0 Å². The summed E-state index contributed by atoms with van der Waals surface area (Å²) in [5, 5.41) is 0. The number of amides is 1. The molecule has 0 aliphatic rings. The quantitative estimate of drug-likeness (QED) is 0.172. The second-order valence-electron chi connectivity index (χ2n) is 9.32. The van der Waals surface area contributed by atoms with Gasteiger partial charge in [0.25, 0.3) is 5.91 Å². The number of carbonyl (C=O) groups excluding carboxylic acids is 2. The first-order valence-corrected chi connectivity index (χ1v) is 13.6. The molecule has 1 amide bonds. The molecule has 4 aromatic carbocycles. The van der Waals surface area contributed by atoms with Gasteiger partial charge in [-0.15, -0.1) is 0 Å². The van der Waals surface area contributed by atoms with E-state index in [9.17, 15) is 9.59 Å². The summed E-state index contributed by atoms with van der Waals surface area (Å²) in [6.07, 6.45) is 0.757. The Labute approximate surface area is 236 Å². The first kappa shape index (κ1) is 28.4. The van der Waals surface area contributed by atoms with Gasteiger partial charge < -0.3 is 19.1 Å². The van der Waals surface area contributed by atoms with Crippen LogP contribution in [0.1, 0.15) is 40.4 Å². The van der Waals surface area contributed by atoms with Crippen molar-refractivity contribution >= 4 is 11.9 Å². The molecule has 206 valence electrons. The van der Waals surface area contributed by atoms with E-state index in [-0.39, 0.29) is 24.8 Å². The molecule has 0 N–H and O–H groups in total. The molecule has 0 bridgehead atoms. The number of hydrogen-bond acceptors (Lipinski definition) is 5. The average Bonchev–Trinajstić information content (AvgIpc) is 3.00. The summed E-state index contributed by atoms with van der Waals surface area (Å²) in [6.45, 7) is 3.75. The minimum Gasteiger partial charge on any atom is -0.489 e. The molecule has 0 aliphatic heterocycles. The molecule has 0 saturated heterocycles. The third-order valence-electron chi connectivity index (χ3n) is 6.35. The van der Waals surface area contributed by atoms with Crippen molar-refractivity contribution in [2.45, 2.75) is 33.0 Å². The summed E-state index contributed by atoms with van der Waals surface area (Å²) in [7, 11) is 0. The predicted octanol–water partition coefficient (Wildman–Crippen LogP) is 6.48. The lowest BCUT2D eigenvalue weighted by atomic mass is 10.1. The van der Waals surface area contributed by atoms with Gasteiger partial charge in [-0.05, 0) is 66.4 Å². The maximum absolute atomic E-state index is 13.5. The maximum Gasteiger partial charge on any atom is 0.307 e. The van der Waals surface area contributed by atoms with E-state index in [1.165, 1.54) is 0 Å². The highest BCUT2D eigenvalue weighted by atomic mass is 16.5. The van der Waals surface area contributed by atoms with Gasteiger partial charge >= 0.3 is 5.97 Å². The summed E-state index contributed by atoms with van der Waals surface area (Å²) in [5.41, 5.74) is 3.75. The van der Waals surface area contributed by atoms with E-state index in [1.807, 2.05) is 84.9 Å². The van der Waals surface area contributed by atoms with Gasteiger partial charge in [0.05, 0.1) is 13.0 Å². The Balaban J connectivity index is 1.38. The Morgan fingerprint density at radius 1 is 0.650 bits per heavy atom. The molecule has 0 fully saturated rings. The Morgan fingerprint density at radius 2 is 1.25 bits per heavy atom. The molecular weight excluding hydrogens is 502 g/mol. The van der Waals surface area contributed by atoms with E-state index in [0.717, 1.165) is 22.4 Å². The lowest BCUT2D eigenvalue weighted by molar-refractivity contribution is -0.143. The van der Waals surface area contributed by atoms with E-state index >= 15 is 0 Å². The van der Waals surface area contributed by atoms with Crippen LogP contribution >= 0.6 is 0 Å². The Hall–Kier alpha value is -4.58. The lowest BCUT2D eigenvalue weighted by Crippen LogP contribution is -2.35. The molecule has 4 aromatic rings. The van der Waals surface area contributed by atoms with E-state index in [4.69, 9.17) is 14.2 Å². The molecule has 0 unspecified atom stereocenters. The zero-order valence-electron chi connectivity index (χ0n) is 22.8. The lowest BCUT2D eigenvalue weighted by Gasteiger charge is -2.23. The topological polar surface area (TPSA) is 65.1 Å². The molecule has 0 heterocycles. The zero-order chi connectivity index (χ0) is 28.0. The van der Waals surface area contributed by atoms with Crippen molar-refractivity contribution in [3.8, 4) is 11.5 Å². The van der Waals surface area contributed by atoms with Crippen molar-refractivity contribution in [1.82, 2.24) is 4.90 Å². The number of ether oxygens (including phenoxy) is 3. The van der Waals surface area contributed by atoms with Gasteiger partial charge in [-0.2, -0.15) is 0 Å². The number of benzene rings is 4. The summed E-state index contributed by atoms with van der Waals surface area (Å²) >= 11 is 0. The highest BCUT2D eigenvalue weighted by Gasteiger charge is 2.18. The van der Waals surface area contributed by atoms with Gasteiger partial charge in [-0.25, -0.2) is 0 Å². The summed E-state index contributed by atoms with van der Waals surface area (Å²) < 4.78 is 16.9. The zero-order valence-corrected chi connectivity index (χ0v) is 22.8. The molecule has 40 heavy (non-hydrogen) atoms. The van der Waals surface area contributed by atoms with Crippen molar-refractivity contribution < 1.29 is 23.8 Å². The Morgan fingerprint density at radius 3 is 1.88 bits per heavy atom. The number of rotatable bonds is 14. The van der Waals surface area contributed by atoms with E-state index in [2.05, 4.69) is 0 Å². The Bertz CT molecular complexity index is 1340. The fraction of sp³-hybridized carbons (Fsp3) is 0.235. The van der Waals surface area contributed by atoms with Crippen LogP contribution in [0.3, 0.4) is 0 Å². The molecule has 0 radical (unpaired) electrons. The molecule has 0 aromatic heterocycles. The van der Waals surface area contributed by atoms with E-state index < -0.39 is 0 Å². The SMILES string of the molecule is CCOC(=O)CCN(CCc1cccc(OCc2ccccc2)c1)C(=O)c1ccc(OCc2ccccc2)cc1. The molecule has 0 saturated carbocycles. The molecule has 0 atom stereocenters. The van der Waals surface area contributed by atoms with Crippen LogP contribution in [0.5, 0.6) is 11.5 Å². The highest BCUT2D eigenvalue weighted by molar-refractivity contribution is 5.94.